The molecule has 1 aromatic rings. The molecule has 1 aromatic heterocycles. The second-order valence-electron chi connectivity index (χ2n) is 3.41. The fourth-order valence-corrected chi connectivity index (χ4v) is 1.66. The lowest BCUT2D eigenvalue weighted by molar-refractivity contribution is 0.0689. The van der Waals surface area contributed by atoms with Gasteiger partial charge in [-0.25, -0.2) is 9.78 Å². The molecule has 1 saturated heterocycles. The minimum atomic E-state index is -1.03. The second kappa shape index (κ2) is 4.63. The van der Waals surface area contributed by atoms with Crippen molar-refractivity contribution < 1.29 is 14.3 Å². The van der Waals surface area contributed by atoms with Crippen molar-refractivity contribution >= 4 is 18.4 Å². The van der Waals surface area contributed by atoms with Gasteiger partial charge in [0.15, 0.2) is 5.69 Å². The van der Waals surface area contributed by atoms with Gasteiger partial charge in [-0.3, -0.25) is 0 Å². The van der Waals surface area contributed by atoms with Crippen LogP contribution in [0.1, 0.15) is 41.0 Å². The Labute approximate surface area is 93.3 Å². The second-order valence-corrected chi connectivity index (χ2v) is 3.41. The number of aromatic nitrogens is 1. The highest BCUT2D eigenvalue weighted by molar-refractivity contribution is 5.86. The van der Waals surface area contributed by atoms with Gasteiger partial charge in [0, 0.05) is 0 Å². The normalized spacial score (nSPS) is 19.9. The van der Waals surface area contributed by atoms with Crippen LogP contribution >= 0.6 is 12.4 Å². The number of oxazole rings is 1. The van der Waals surface area contributed by atoms with Crippen LogP contribution in [0.2, 0.25) is 0 Å². The molecule has 1 aliphatic rings. The average molecular weight is 233 g/mol. The van der Waals surface area contributed by atoms with E-state index in [1.54, 1.807) is 6.92 Å². The minimum absolute atomic E-state index is 0. The summed E-state index contributed by atoms with van der Waals surface area (Å²) in [6, 6.07) is 0.0850. The van der Waals surface area contributed by atoms with Crippen molar-refractivity contribution in [3.05, 3.63) is 17.3 Å². The van der Waals surface area contributed by atoms with E-state index in [-0.39, 0.29) is 24.1 Å². The number of hydrogen-bond acceptors (Lipinski definition) is 4. The maximum Gasteiger partial charge on any atom is 0.358 e. The Balaban J connectivity index is 0.00000112. The lowest BCUT2D eigenvalue weighted by atomic mass is 10.2. The molecule has 0 spiro atoms. The molecule has 0 bridgehead atoms. The Morgan fingerprint density at radius 2 is 2.40 bits per heavy atom. The van der Waals surface area contributed by atoms with Crippen LogP contribution in [-0.4, -0.2) is 22.6 Å². The Hall–Kier alpha value is -1.07. The molecule has 1 atom stereocenters. The summed E-state index contributed by atoms with van der Waals surface area (Å²) < 4.78 is 5.31. The summed E-state index contributed by atoms with van der Waals surface area (Å²) in [7, 11) is 0. The van der Waals surface area contributed by atoms with Crippen molar-refractivity contribution in [2.45, 2.75) is 25.8 Å². The SMILES string of the molecule is Cc1oc([C@@H]2CCCN2)nc1C(=O)O.Cl. The molecule has 0 saturated carbocycles. The zero-order valence-electron chi connectivity index (χ0n) is 8.32. The van der Waals surface area contributed by atoms with Crippen LogP contribution in [0, 0.1) is 6.92 Å². The van der Waals surface area contributed by atoms with Gasteiger partial charge in [0.05, 0.1) is 6.04 Å². The van der Waals surface area contributed by atoms with E-state index in [0.29, 0.717) is 11.7 Å². The molecule has 5 nitrogen and oxygen atoms in total. The molecule has 0 unspecified atom stereocenters. The molecule has 0 radical (unpaired) electrons. The maximum absolute atomic E-state index is 10.7. The zero-order valence-corrected chi connectivity index (χ0v) is 9.13. The molecule has 15 heavy (non-hydrogen) atoms. The van der Waals surface area contributed by atoms with Gasteiger partial charge < -0.3 is 14.8 Å². The van der Waals surface area contributed by atoms with E-state index in [4.69, 9.17) is 9.52 Å². The van der Waals surface area contributed by atoms with Gasteiger partial charge in [-0.05, 0) is 26.3 Å². The van der Waals surface area contributed by atoms with Gasteiger partial charge in [0.25, 0.3) is 0 Å². The predicted octanol–water partition coefficient (Wildman–Crippen LogP) is 1.53. The molecule has 84 valence electrons. The van der Waals surface area contributed by atoms with Crippen LogP contribution < -0.4 is 5.32 Å². The first-order chi connectivity index (χ1) is 6.68. The summed E-state index contributed by atoms with van der Waals surface area (Å²) in [4.78, 5) is 14.7. The van der Waals surface area contributed by atoms with Crippen LogP contribution in [0.15, 0.2) is 4.42 Å². The Kier molecular flexibility index (Phi) is 3.71. The van der Waals surface area contributed by atoms with Crippen LogP contribution in [0.25, 0.3) is 0 Å². The first-order valence-corrected chi connectivity index (χ1v) is 4.62. The third-order valence-electron chi connectivity index (χ3n) is 2.37. The van der Waals surface area contributed by atoms with Crippen molar-refractivity contribution in [3.8, 4) is 0 Å². The monoisotopic (exact) mass is 232 g/mol. The summed E-state index contributed by atoms with van der Waals surface area (Å²) in [6.45, 7) is 2.56. The lowest BCUT2D eigenvalue weighted by Crippen LogP contribution is -2.13. The lowest BCUT2D eigenvalue weighted by Gasteiger charge is -2.02. The van der Waals surface area contributed by atoms with Crippen molar-refractivity contribution in [1.29, 1.82) is 0 Å². The molecule has 6 heteroatoms. The van der Waals surface area contributed by atoms with Gasteiger partial charge in [-0.2, -0.15) is 0 Å². The summed E-state index contributed by atoms with van der Waals surface area (Å²) >= 11 is 0. The minimum Gasteiger partial charge on any atom is -0.476 e. The van der Waals surface area contributed by atoms with E-state index in [1.165, 1.54) is 0 Å². The molecule has 2 heterocycles. The standard InChI is InChI=1S/C9H12N2O3.ClH/c1-5-7(9(12)13)11-8(14-5)6-3-2-4-10-6;/h6,10H,2-4H2,1H3,(H,12,13);1H/t6-;/m0./s1. The van der Waals surface area contributed by atoms with Gasteiger partial charge in [0.2, 0.25) is 5.89 Å². The molecular weight excluding hydrogens is 220 g/mol. The fraction of sp³-hybridized carbons (Fsp3) is 0.556. The molecule has 0 aliphatic carbocycles. The maximum atomic E-state index is 10.7. The molecular formula is C9H13ClN2O3. The number of rotatable bonds is 2. The van der Waals surface area contributed by atoms with E-state index < -0.39 is 5.97 Å². The smallest absolute Gasteiger partial charge is 0.358 e. The van der Waals surface area contributed by atoms with E-state index in [0.717, 1.165) is 19.4 Å². The highest BCUT2D eigenvalue weighted by Gasteiger charge is 2.24. The third-order valence-corrected chi connectivity index (χ3v) is 2.37. The fourth-order valence-electron chi connectivity index (χ4n) is 1.66. The average Bonchev–Trinajstić information content (AvgIpc) is 2.70. The molecule has 0 aromatic carbocycles. The number of hydrogen-bond donors (Lipinski definition) is 2. The topological polar surface area (TPSA) is 75.4 Å². The number of aryl methyl sites for hydroxylation is 1. The zero-order chi connectivity index (χ0) is 10.1. The number of halogens is 1. The highest BCUT2D eigenvalue weighted by Crippen LogP contribution is 2.24. The molecule has 1 fully saturated rings. The third kappa shape index (κ3) is 2.30. The quantitative estimate of drug-likeness (QED) is 0.809. The van der Waals surface area contributed by atoms with Crippen molar-refractivity contribution in [3.63, 3.8) is 0 Å². The largest absolute Gasteiger partial charge is 0.476 e. The van der Waals surface area contributed by atoms with E-state index in [1.807, 2.05) is 0 Å². The highest BCUT2D eigenvalue weighted by atomic mass is 35.5. The van der Waals surface area contributed by atoms with Crippen LogP contribution in [0.5, 0.6) is 0 Å². The van der Waals surface area contributed by atoms with E-state index in [2.05, 4.69) is 10.3 Å². The molecule has 2 rings (SSSR count). The van der Waals surface area contributed by atoms with Crippen molar-refractivity contribution in [1.82, 2.24) is 10.3 Å². The number of aromatic carboxylic acids is 1. The summed E-state index contributed by atoms with van der Waals surface area (Å²) in [5.74, 6) is -0.158. The van der Waals surface area contributed by atoms with Crippen molar-refractivity contribution in [2.75, 3.05) is 6.54 Å². The molecule has 1 aliphatic heterocycles. The summed E-state index contributed by atoms with van der Waals surface area (Å²) in [5.41, 5.74) is 0.0219. The number of carboxylic acid groups (broad SMARTS) is 1. The predicted molar refractivity (Wildman–Crippen MR) is 55.4 cm³/mol. The van der Waals surface area contributed by atoms with Gasteiger partial charge in [0.1, 0.15) is 5.76 Å². The summed E-state index contributed by atoms with van der Waals surface area (Å²) in [6.07, 6.45) is 2.04. The summed E-state index contributed by atoms with van der Waals surface area (Å²) in [5, 5.41) is 12.0. The number of nitrogens with one attached hydrogen (secondary N) is 1. The Bertz CT molecular complexity index is 358. The van der Waals surface area contributed by atoms with Crippen LogP contribution in [0.4, 0.5) is 0 Å². The molecule has 2 N–H and O–H groups in total. The Morgan fingerprint density at radius 3 is 2.87 bits per heavy atom. The van der Waals surface area contributed by atoms with Gasteiger partial charge in [-0.15, -0.1) is 12.4 Å². The van der Waals surface area contributed by atoms with Crippen LogP contribution in [-0.2, 0) is 0 Å². The van der Waals surface area contributed by atoms with E-state index in [9.17, 15) is 4.79 Å². The van der Waals surface area contributed by atoms with E-state index >= 15 is 0 Å². The molecule has 0 amide bonds. The first kappa shape index (κ1) is 12.0. The number of nitrogens with zero attached hydrogens (tertiary/aromatic N) is 1. The van der Waals surface area contributed by atoms with Gasteiger partial charge >= 0.3 is 5.97 Å². The van der Waals surface area contributed by atoms with Crippen molar-refractivity contribution in [2.24, 2.45) is 0 Å². The Morgan fingerprint density at radius 1 is 1.67 bits per heavy atom. The van der Waals surface area contributed by atoms with Gasteiger partial charge in [-0.1, -0.05) is 0 Å². The number of carboxylic acids is 1. The van der Waals surface area contributed by atoms with Crippen LogP contribution in [0.3, 0.4) is 0 Å². The number of carbonyl (C=O) groups is 1. The first-order valence-electron chi connectivity index (χ1n) is 4.62.